The monoisotopic (exact) mass is 349 g/mol. The van der Waals surface area contributed by atoms with Crippen LogP contribution in [0.5, 0.6) is 0 Å². The Morgan fingerprint density at radius 2 is 2.05 bits per heavy atom. The first-order valence-corrected chi connectivity index (χ1v) is 9.53. The smallest absolute Gasteiger partial charge is 0.240 e. The lowest BCUT2D eigenvalue weighted by molar-refractivity contribution is -0.906. The molecule has 1 heterocycles. The third-order valence-corrected chi connectivity index (χ3v) is 5.93. The summed E-state index contributed by atoms with van der Waals surface area (Å²) in [5.74, 6) is 0.189. The molecule has 1 aliphatic heterocycles. The molecule has 0 amide bonds. The van der Waals surface area contributed by atoms with Crippen LogP contribution >= 0.6 is 11.6 Å². The van der Waals surface area contributed by atoms with Crippen molar-refractivity contribution < 1.29 is 17.7 Å². The van der Waals surface area contributed by atoms with E-state index in [1.54, 1.807) is 4.90 Å². The highest BCUT2D eigenvalue weighted by Crippen LogP contribution is 2.19. The van der Waals surface area contributed by atoms with E-state index >= 15 is 0 Å². The summed E-state index contributed by atoms with van der Waals surface area (Å²) in [5.41, 5.74) is 0. The van der Waals surface area contributed by atoms with Crippen LogP contribution in [0.25, 0.3) is 0 Å². The van der Waals surface area contributed by atoms with Gasteiger partial charge in [0, 0.05) is 13.0 Å². The number of likely N-dealkylation sites (tertiary alicyclic amines) is 1. The number of nitrogens with one attached hydrogen (secondary N) is 2. The average Bonchev–Trinajstić information content (AvgIpc) is 2.48. The molecule has 1 aromatic rings. The van der Waals surface area contributed by atoms with Gasteiger partial charge in [-0.15, -0.1) is 0 Å². The second-order valence-corrected chi connectivity index (χ2v) is 8.18. The molecule has 7 heteroatoms. The molecule has 2 N–H and O–H groups in total. The van der Waals surface area contributed by atoms with E-state index in [-0.39, 0.29) is 9.92 Å². The van der Waals surface area contributed by atoms with E-state index in [9.17, 15) is 12.8 Å². The summed E-state index contributed by atoms with van der Waals surface area (Å²) in [6, 6.07) is 3.42. The Labute approximate surface area is 136 Å². The Bertz CT molecular complexity index is 602. The molecule has 124 valence electrons. The zero-order valence-electron chi connectivity index (χ0n) is 12.7. The molecule has 1 aliphatic rings. The van der Waals surface area contributed by atoms with Crippen LogP contribution in [0.1, 0.15) is 26.2 Å². The molecule has 0 unspecified atom stereocenters. The number of sulfonamides is 1. The summed E-state index contributed by atoms with van der Waals surface area (Å²) in [7, 11) is -3.62. The predicted octanol–water partition coefficient (Wildman–Crippen LogP) is 1.46. The van der Waals surface area contributed by atoms with Gasteiger partial charge in [-0.2, -0.15) is 0 Å². The van der Waals surface area contributed by atoms with Crippen molar-refractivity contribution in [3.05, 3.63) is 29.0 Å². The minimum Gasteiger partial charge on any atom is -0.335 e. The van der Waals surface area contributed by atoms with Crippen molar-refractivity contribution in [2.45, 2.75) is 31.1 Å². The van der Waals surface area contributed by atoms with Crippen molar-refractivity contribution in [3.63, 3.8) is 0 Å². The van der Waals surface area contributed by atoms with E-state index < -0.39 is 15.8 Å². The first-order valence-electron chi connectivity index (χ1n) is 7.67. The molecule has 0 atom stereocenters. The Balaban J connectivity index is 1.79. The highest BCUT2D eigenvalue weighted by atomic mass is 35.5. The van der Waals surface area contributed by atoms with Crippen molar-refractivity contribution in [2.24, 2.45) is 5.92 Å². The van der Waals surface area contributed by atoms with Crippen LogP contribution in [0.3, 0.4) is 0 Å². The molecule has 0 aliphatic carbocycles. The Hall–Kier alpha value is -0.690. The minimum absolute atomic E-state index is 0.00181. The lowest BCUT2D eigenvalue weighted by atomic mass is 9.99. The number of rotatable bonds is 6. The van der Waals surface area contributed by atoms with E-state index in [4.69, 9.17) is 11.6 Å². The summed E-state index contributed by atoms with van der Waals surface area (Å²) >= 11 is 5.62. The fraction of sp³-hybridized carbons (Fsp3) is 0.600. The molecular weight excluding hydrogens is 327 g/mol. The highest BCUT2D eigenvalue weighted by molar-refractivity contribution is 7.89. The van der Waals surface area contributed by atoms with Crippen molar-refractivity contribution in [1.82, 2.24) is 4.72 Å². The van der Waals surface area contributed by atoms with E-state index in [1.807, 2.05) is 0 Å². The standard InChI is InChI=1S/C15H22ClFN2O2S/c1-12-5-9-19(10-6-12)8-2-7-18-22(20,21)13-3-4-15(17)14(16)11-13/h3-4,11-12,18H,2,5-10H2,1H3/p+1. The molecule has 22 heavy (non-hydrogen) atoms. The van der Waals surface area contributed by atoms with Gasteiger partial charge in [0.2, 0.25) is 10.0 Å². The molecule has 2 rings (SSSR count). The van der Waals surface area contributed by atoms with Gasteiger partial charge < -0.3 is 4.90 Å². The molecule has 0 saturated carbocycles. The molecule has 4 nitrogen and oxygen atoms in total. The zero-order chi connectivity index (χ0) is 16.2. The maximum absolute atomic E-state index is 13.1. The molecule has 1 fully saturated rings. The molecule has 0 spiro atoms. The lowest BCUT2D eigenvalue weighted by Gasteiger charge is -2.27. The second kappa shape index (κ2) is 7.73. The Kier molecular flexibility index (Phi) is 6.20. The van der Waals surface area contributed by atoms with Gasteiger partial charge in [-0.05, 0) is 37.0 Å². The maximum atomic E-state index is 13.1. The number of hydrogen-bond acceptors (Lipinski definition) is 2. The molecule has 1 aromatic carbocycles. The number of benzene rings is 1. The number of hydrogen-bond donors (Lipinski definition) is 2. The van der Waals surface area contributed by atoms with Gasteiger partial charge in [0.1, 0.15) is 5.82 Å². The first kappa shape index (κ1) is 17.7. The van der Waals surface area contributed by atoms with Gasteiger partial charge in [0.15, 0.2) is 0 Å². The largest absolute Gasteiger partial charge is 0.335 e. The summed E-state index contributed by atoms with van der Waals surface area (Å²) < 4.78 is 39.8. The third kappa shape index (κ3) is 4.91. The van der Waals surface area contributed by atoms with Crippen LogP contribution in [-0.2, 0) is 10.0 Å². The fourth-order valence-corrected chi connectivity index (χ4v) is 4.04. The first-order chi connectivity index (χ1) is 10.4. The van der Waals surface area contributed by atoms with Crippen LogP contribution in [-0.4, -0.2) is 34.6 Å². The Morgan fingerprint density at radius 1 is 1.36 bits per heavy atom. The van der Waals surface area contributed by atoms with E-state index in [0.717, 1.165) is 31.0 Å². The minimum atomic E-state index is -3.62. The number of quaternary nitrogens is 1. The van der Waals surface area contributed by atoms with Gasteiger partial charge in [0.25, 0.3) is 0 Å². The van der Waals surface area contributed by atoms with Crippen LogP contribution < -0.4 is 9.62 Å². The van der Waals surface area contributed by atoms with Gasteiger partial charge in [-0.3, -0.25) is 0 Å². The van der Waals surface area contributed by atoms with E-state index in [2.05, 4.69) is 11.6 Å². The molecular formula is C15H23ClFN2O2S+. The summed E-state index contributed by atoms with van der Waals surface area (Å²) in [5, 5.41) is -0.185. The maximum Gasteiger partial charge on any atom is 0.240 e. The van der Waals surface area contributed by atoms with Crippen molar-refractivity contribution in [3.8, 4) is 0 Å². The van der Waals surface area contributed by atoms with Crippen molar-refractivity contribution in [1.29, 1.82) is 0 Å². The topological polar surface area (TPSA) is 50.6 Å². The zero-order valence-corrected chi connectivity index (χ0v) is 14.3. The highest BCUT2D eigenvalue weighted by Gasteiger charge is 2.19. The van der Waals surface area contributed by atoms with Gasteiger partial charge in [-0.1, -0.05) is 18.5 Å². The van der Waals surface area contributed by atoms with E-state index in [0.29, 0.717) is 6.54 Å². The van der Waals surface area contributed by atoms with Crippen LogP contribution in [0.2, 0.25) is 5.02 Å². The predicted molar refractivity (Wildman–Crippen MR) is 85.2 cm³/mol. The Morgan fingerprint density at radius 3 is 2.68 bits per heavy atom. The quantitative estimate of drug-likeness (QED) is 0.764. The number of piperidine rings is 1. The lowest BCUT2D eigenvalue weighted by Crippen LogP contribution is -3.13. The molecule has 0 aromatic heterocycles. The van der Waals surface area contributed by atoms with Gasteiger partial charge in [-0.25, -0.2) is 17.5 Å². The molecule has 0 bridgehead atoms. The fourth-order valence-electron chi connectivity index (χ4n) is 2.69. The normalized spacial score (nSPS) is 22.7. The van der Waals surface area contributed by atoms with Crippen molar-refractivity contribution in [2.75, 3.05) is 26.2 Å². The summed E-state index contributed by atoms with van der Waals surface area (Å²) in [6.45, 7) is 5.97. The van der Waals surface area contributed by atoms with Crippen LogP contribution in [0, 0.1) is 11.7 Å². The molecule has 0 radical (unpaired) electrons. The van der Waals surface area contributed by atoms with E-state index in [1.165, 1.54) is 32.0 Å². The SMILES string of the molecule is CC1CC[NH+](CCCNS(=O)(=O)c2ccc(F)c(Cl)c2)CC1. The summed E-state index contributed by atoms with van der Waals surface area (Å²) in [4.78, 5) is 1.54. The average molecular weight is 350 g/mol. The number of halogens is 2. The third-order valence-electron chi connectivity index (χ3n) is 4.18. The van der Waals surface area contributed by atoms with Crippen molar-refractivity contribution >= 4 is 21.6 Å². The summed E-state index contributed by atoms with van der Waals surface area (Å²) in [6.07, 6.45) is 3.28. The van der Waals surface area contributed by atoms with Gasteiger partial charge in [0.05, 0.1) is 29.6 Å². The van der Waals surface area contributed by atoms with Crippen LogP contribution in [0.15, 0.2) is 23.1 Å². The van der Waals surface area contributed by atoms with Gasteiger partial charge >= 0.3 is 0 Å². The molecule has 1 saturated heterocycles. The van der Waals surface area contributed by atoms with Crippen LogP contribution in [0.4, 0.5) is 4.39 Å². The second-order valence-electron chi connectivity index (χ2n) is 6.01.